The number of nitrogens with one attached hydrogen (secondary N) is 1. The molecule has 1 aromatic carbocycles. The SMILES string of the molecule is CCC1CCC(CC)(CN)N1c1c(C2CC2)cc2c(=O)c(C(=O)O)c[nH]c2c1OC. The highest BCUT2D eigenvalue weighted by Gasteiger charge is 2.47. The minimum Gasteiger partial charge on any atom is -0.492 e. The van der Waals surface area contributed by atoms with Gasteiger partial charge >= 0.3 is 5.97 Å². The summed E-state index contributed by atoms with van der Waals surface area (Å²) in [7, 11) is 1.62. The molecule has 0 spiro atoms. The van der Waals surface area contributed by atoms with Crippen molar-refractivity contribution in [2.45, 2.75) is 69.9 Å². The first-order chi connectivity index (χ1) is 14.4. The third-order valence-corrected chi connectivity index (χ3v) is 7.16. The van der Waals surface area contributed by atoms with E-state index in [0.29, 0.717) is 35.2 Å². The molecule has 0 radical (unpaired) electrons. The fourth-order valence-corrected chi connectivity index (χ4v) is 5.23. The Labute approximate surface area is 176 Å². The van der Waals surface area contributed by atoms with Crippen molar-refractivity contribution in [2.24, 2.45) is 5.73 Å². The number of pyridine rings is 1. The Bertz CT molecular complexity index is 1040. The van der Waals surface area contributed by atoms with E-state index in [1.54, 1.807) is 7.11 Å². The number of nitrogens with zero attached hydrogens (tertiary/aromatic N) is 1. The van der Waals surface area contributed by atoms with E-state index in [2.05, 4.69) is 23.7 Å². The standard InChI is InChI=1S/C23H31N3O4/c1-4-14-8-9-23(5-2,12-24)26(14)19-15(13-6-7-13)10-16-18(21(19)30-3)25-11-17(20(16)27)22(28)29/h10-11,13-14H,4-9,12,24H2,1-3H3,(H,25,27)(H,28,29). The van der Waals surface area contributed by atoms with Gasteiger partial charge < -0.3 is 25.5 Å². The van der Waals surface area contributed by atoms with E-state index in [-0.39, 0.29) is 11.1 Å². The van der Waals surface area contributed by atoms with Crippen LogP contribution in [-0.2, 0) is 0 Å². The quantitative estimate of drug-likeness (QED) is 0.640. The highest BCUT2D eigenvalue weighted by atomic mass is 16.5. The number of carboxylic acid groups (broad SMARTS) is 1. The zero-order valence-corrected chi connectivity index (χ0v) is 18.0. The Hall–Kier alpha value is -2.54. The maximum atomic E-state index is 12.9. The lowest BCUT2D eigenvalue weighted by molar-refractivity contribution is 0.0695. The molecule has 4 N–H and O–H groups in total. The molecule has 30 heavy (non-hydrogen) atoms. The number of carboxylic acids is 1. The first kappa shape index (κ1) is 20.7. The number of benzene rings is 1. The average Bonchev–Trinajstić information content (AvgIpc) is 3.53. The number of carbonyl (C=O) groups is 1. The van der Waals surface area contributed by atoms with Gasteiger partial charge in [0, 0.05) is 18.8 Å². The monoisotopic (exact) mass is 413 g/mol. The van der Waals surface area contributed by atoms with E-state index in [1.807, 2.05) is 6.07 Å². The van der Waals surface area contributed by atoms with E-state index in [1.165, 1.54) is 6.20 Å². The number of fused-ring (bicyclic) bond motifs is 1. The minimum absolute atomic E-state index is 0.146. The van der Waals surface area contributed by atoms with Gasteiger partial charge in [0.05, 0.1) is 29.2 Å². The normalized spacial score (nSPS) is 23.9. The molecule has 1 saturated carbocycles. The molecule has 2 aliphatic rings. The number of aromatic nitrogens is 1. The van der Waals surface area contributed by atoms with E-state index in [9.17, 15) is 14.7 Å². The molecule has 2 unspecified atom stereocenters. The molecular weight excluding hydrogens is 382 g/mol. The maximum Gasteiger partial charge on any atom is 0.341 e. The van der Waals surface area contributed by atoms with Crippen molar-refractivity contribution in [3.8, 4) is 5.75 Å². The molecule has 1 aliphatic carbocycles. The molecule has 1 saturated heterocycles. The smallest absolute Gasteiger partial charge is 0.341 e. The van der Waals surface area contributed by atoms with Crippen molar-refractivity contribution in [3.63, 3.8) is 0 Å². The molecule has 2 atom stereocenters. The second-order valence-corrected chi connectivity index (χ2v) is 8.63. The number of hydrogen-bond acceptors (Lipinski definition) is 5. The molecule has 2 fully saturated rings. The summed E-state index contributed by atoms with van der Waals surface area (Å²) in [4.78, 5) is 30.0. The van der Waals surface area contributed by atoms with Crippen LogP contribution in [-0.4, -0.2) is 41.3 Å². The van der Waals surface area contributed by atoms with Crippen molar-refractivity contribution in [1.82, 2.24) is 4.98 Å². The van der Waals surface area contributed by atoms with E-state index in [0.717, 1.165) is 49.8 Å². The number of methoxy groups -OCH3 is 1. The molecule has 0 amide bonds. The van der Waals surface area contributed by atoms with Crippen LogP contribution in [0.1, 0.15) is 74.2 Å². The second kappa shape index (κ2) is 7.61. The van der Waals surface area contributed by atoms with Gasteiger partial charge in [-0.05, 0) is 56.1 Å². The van der Waals surface area contributed by atoms with Crippen LogP contribution >= 0.6 is 0 Å². The summed E-state index contributed by atoms with van der Waals surface area (Å²) in [6.07, 6.45) is 7.42. The first-order valence-corrected chi connectivity index (χ1v) is 10.9. The molecule has 2 heterocycles. The van der Waals surface area contributed by atoms with Gasteiger partial charge in [0.2, 0.25) is 5.43 Å². The number of aromatic carboxylic acids is 1. The van der Waals surface area contributed by atoms with Gasteiger partial charge in [-0.3, -0.25) is 4.79 Å². The molecule has 7 nitrogen and oxygen atoms in total. The summed E-state index contributed by atoms with van der Waals surface area (Å²) in [6.45, 7) is 4.94. The molecule has 2 aromatic rings. The summed E-state index contributed by atoms with van der Waals surface area (Å²) in [5, 5.41) is 9.77. The van der Waals surface area contributed by atoms with Crippen LogP contribution in [0, 0.1) is 0 Å². The zero-order chi connectivity index (χ0) is 21.6. The van der Waals surface area contributed by atoms with E-state index in [4.69, 9.17) is 10.5 Å². The number of nitrogens with two attached hydrogens (primary N) is 1. The minimum atomic E-state index is -1.23. The highest BCUT2D eigenvalue weighted by Crippen LogP contribution is 2.54. The summed E-state index contributed by atoms with van der Waals surface area (Å²) >= 11 is 0. The lowest BCUT2D eigenvalue weighted by Crippen LogP contribution is -2.52. The second-order valence-electron chi connectivity index (χ2n) is 8.63. The van der Waals surface area contributed by atoms with Crippen LogP contribution in [0.3, 0.4) is 0 Å². The van der Waals surface area contributed by atoms with Gasteiger partial charge in [0.1, 0.15) is 5.56 Å². The van der Waals surface area contributed by atoms with Crippen LogP contribution in [0.5, 0.6) is 5.75 Å². The predicted octanol–water partition coefficient (Wildman–Crippen LogP) is 3.60. The summed E-state index contributed by atoms with van der Waals surface area (Å²) in [6, 6.07) is 2.25. The van der Waals surface area contributed by atoms with Gasteiger partial charge in [0.15, 0.2) is 5.75 Å². The molecule has 7 heteroatoms. The van der Waals surface area contributed by atoms with Gasteiger partial charge in [0.25, 0.3) is 0 Å². The average molecular weight is 414 g/mol. The van der Waals surface area contributed by atoms with Crippen LogP contribution in [0.4, 0.5) is 5.69 Å². The number of ether oxygens (including phenoxy) is 1. The fourth-order valence-electron chi connectivity index (χ4n) is 5.23. The Morgan fingerprint density at radius 3 is 2.63 bits per heavy atom. The van der Waals surface area contributed by atoms with Crippen molar-refractivity contribution in [1.29, 1.82) is 0 Å². The summed E-state index contributed by atoms with van der Waals surface area (Å²) in [5.74, 6) is -0.250. The number of hydrogen-bond donors (Lipinski definition) is 3. The number of anilines is 1. The van der Waals surface area contributed by atoms with Gasteiger partial charge in [-0.25, -0.2) is 4.79 Å². The molecular formula is C23H31N3O4. The largest absolute Gasteiger partial charge is 0.492 e. The Kier molecular flexibility index (Phi) is 5.26. The Morgan fingerprint density at radius 1 is 1.37 bits per heavy atom. The van der Waals surface area contributed by atoms with Crippen molar-refractivity contribution >= 4 is 22.6 Å². The first-order valence-electron chi connectivity index (χ1n) is 10.9. The summed E-state index contributed by atoms with van der Waals surface area (Å²) < 4.78 is 5.92. The molecule has 0 bridgehead atoms. The molecule has 4 rings (SSSR count). The molecule has 1 aromatic heterocycles. The zero-order valence-electron chi connectivity index (χ0n) is 18.0. The van der Waals surface area contributed by atoms with Crippen LogP contribution in [0.15, 0.2) is 17.1 Å². The van der Waals surface area contributed by atoms with Gasteiger partial charge in [-0.1, -0.05) is 13.8 Å². The van der Waals surface area contributed by atoms with Crippen LogP contribution in [0.25, 0.3) is 10.9 Å². The highest BCUT2D eigenvalue weighted by molar-refractivity contribution is 5.97. The van der Waals surface area contributed by atoms with Crippen LogP contribution in [0.2, 0.25) is 0 Å². The summed E-state index contributed by atoms with van der Waals surface area (Å²) in [5.41, 5.74) is 8.13. The van der Waals surface area contributed by atoms with Crippen LogP contribution < -0.4 is 20.8 Å². The number of H-pyrrole nitrogens is 1. The molecule has 162 valence electrons. The number of rotatable bonds is 7. The van der Waals surface area contributed by atoms with Crippen molar-refractivity contribution in [2.75, 3.05) is 18.6 Å². The Balaban J connectivity index is 2.06. The third kappa shape index (κ3) is 2.98. The van der Waals surface area contributed by atoms with Gasteiger partial charge in [-0.15, -0.1) is 0 Å². The fraction of sp³-hybridized carbons (Fsp3) is 0.565. The lowest BCUT2D eigenvalue weighted by atomic mass is 9.91. The predicted molar refractivity (Wildman–Crippen MR) is 118 cm³/mol. The Morgan fingerprint density at radius 2 is 2.10 bits per heavy atom. The van der Waals surface area contributed by atoms with E-state index < -0.39 is 11.4 Å². The van der Waals surface area contributed by atoms with Gasteiger partial charge in [-0.2, -0.15) is 0 Å². The van der Waals surface area contributed by atoms with Crippen molar-refractivity contribution < 1.29 is 14.6 Å². The lowest BCUT2D eigenvalue weighted by Gasteiger charge is -2.43. The maximum absolute atomic E-state index is 12.9. The topological polar surface area (TPSA) is 109 Å². The van der Waals surface area contributed by atoms with Crippen molar-refractivity contribution in [3.05, 3.63) is 33.6 Å². The number of aromatic amines is 1. The van der Waals surface area contributed by atoms with E-state index >= 15 is 0 Å². The molecule has 1 aliphatic heterocycles. The third-order valence-electron chi connectivity index (χ3n) is 7.16.